The van der Waals surface area contributed by atoms with Crippen LogP contribution in [0.2, 0.25) is 0 Å². The van der Waals surface area contributed by atoms with Gasteiger partial charge >= 0.3 is 0 Å². The summed E-state index contributed by atoms with van der Waals surface area (Å²) < 4.78 is 5.66. The fourth-order valence-electron chi connectivity index (χ4n) is 3.14. The van der Waals surface area contributed by atoms with E-state index in [4.69, 9.17) is 4.74 Å². The molecule has 0 radical (unpaired) electrons. The molecule has 1 N–H and O–H groups in total. The normalized spacial score (nSPS) is 29.0. The number of hydrogen-bond donors (Lipinski definition) is 1. The van der Waals surface area contributed by atoms with Crippen LogP contribution < -0.4 is 5.32 Å². The highest BCUT2D eigenvalue weighted by atomic mass is 16.5. The van der Waals surface area contributed by atoms with Crippen molar-refractivity contribution >= 4 is 0 Å². The van der Waals surface area contributed by atoms with E-state index in [2.05, 4.69) is 19.2 Å². The molecule has 0 aliphatic heterocycles. The van der Waals surface area contributed by atoms with Crippen LogP contribution >= 0.6 is 0 Å². The fraction of sp³-hybridized carbons (Fsp3) is 1.00. The first kappa shape index (κ1) is 14.3. The largest absolute Gasteiger partial charge is 0.378 e. The maximum absolute atomic E-state index is 5.66. The van der Waals surface area contributed by atoms with Gasteiger partial charge in [-0.3, -0.25) is 0 Å². The first-order valence-electron chi connectivity index (χ1n) is 8.16. The molecule has 2 aliphatic rings. The number of hydrogen-bond acceptors (Lipinski definition) is 2. The van der Waals surface area contributed by atoms with E-state index < -0.39 is 0 Å². The van der Waals surface area contributed by atoms with Crippen LogP contribution in [0.5, 0.6) is 0 Å². The topological polar surface area (TPSA) is 21.3 Å². The van der Waals surface area contributed by atoms with Crippen LogP contribution in [0.1, 0.15) is 65.2 Å². The lowest BCUT2D eigenvalue weighted by atomic mass is 9.77. The minimum Gasteiger partial charge on any atom is -0.378 e. The van der Waals surface area contributed by atoms with Gasteiger partial charge in [0.25, 0.3) is 0 Å². The van der Waals surface area contributed by atoms with Crippen molar-refractivity contribution in [2.75, 3.05) is 13.2 Å². The second-order valence-electron chi connectivity index (χ2n) is 6.32. The summed E-state index contributed by atoms with van der Waals surface area (Å²) in [5.74, 6) is 2.00. The van der Waals surface area contributed by atoms with E-state index in [1.54, 1.807) is 0 Å². The molecule has 0 saturated heterocycles. The van der Waals surface area contributed by atoms with Gasteiger partial charge in [-0.25, -0.2) is 0 Å². The Labute approximate surface area is 113 Å². The Hall–Kier alpha value is -0.0800. The van der Waals surface area contributed by atoms with Crippen molar-refractivity contribution in [3.05, 3.63) is 0 Å². The summed E-state index contributed by atoms with van der Waals surface area (Å²) in [6.07, 6.45) is 11.7. The second-order valence-corrected chi connectivity index (χ2v) is 6.32. The van der Waals surface area contributed by atoms with Gasteiger partial charge < -0.3 is 10.1 Å². The average Bonchev–Trinajstić information content (AvgIpc) is 3.13. The second kappa shape index (κ2) is 7.49. The molecule has 2 heteroatoms. The molecule has 0 bridgehead atoms. The fourth-order valence-corrected chi connectivity index (χ4v) is 3.14. The summed E-state index contributed by atoms with van der Waals surface area (Å²) in [5.41, 5.74) is 0. The van der Waals surface area contributed by atoms with E-state index in [1.165, 1.54) is 57.9 Å². The quantitative estimate of drug-likeness (QED) is 0.640. The number of rotatable bonds is 10. The van der Waals surface area contributed by atoms with E-state index >= 15 is 0 Å². The molecule has 0 spiro atoms. The summed E-state index contributed by atoms with van der Waals surface area (Å²) in [5, 5.41) is 3.76. The van der Waals surface area contributed by atoms with E-state index in [9.17, 15) is 0 Å². The molecule has 2 fully saturated rings. The van der Waals surface area contributed by atoms with Gasteiger partial charge in [0.15, 0.2) is 0 Å². The maximum Gasteiger partial charge on any atom is 0.0580 e. The van der Waals surface area contributed by atoms with Gasteiger partial charge in [0.2, 0.25) is 0 Å². The highest BCUT2D eigenvalue weighted by Gasteiger charge is 2.31. The Bertz CT molecular complexity index is 221. The molecule has 2 aliphatic carbocycles. The van der Waals surface area contributed by atoms with Crippen LogP contribution in [0.25, 0.3) is 0 Å². The van der Waals surface area contributed by atoms with Crippen LogP contribution in [-0.4, -0.2) is 25.3 Å². The maximum atomic E-state index is 5.66. The van der Waals surface area contributed by atoms with Crippen LogP contribution in [0.15, 0.2) is 0 Å². The molecule has 106 valence electrons. The van der Waals surface area contributed by atoms with Gasteiger partial charge in [0.1, 0.15) is 0 Å². The van der Waals surface area contributed by atoms with Crippen molar-refractivity contribution in [2.24, 2.45) is 11.8 Å². The highest BCUT2D eigenvalue weighted by molar-refractivity contribution is 4.85. The van der Waals surface area contributed by atoms with Gasteiger partial charge in [-0.2, -0.15) is 0 Å². The standard InChI is InChI=1S/C16H31NO/c1-3-9-17-15(8-7-13-5-6-13)10-14-11-16(12-14)18-4-2/h13-17H,3-12H2,1-2H3. The number of ether oxygens (including phenoxy) is 1. The third-order valence-electron chi connectivity index (χ3n) is 4.52. The molecule has 0 amide bonds. The van der Waals surface area contributed by atoms with Crippen molar-refractivity contribution < 1.29 is 4.74 Å². The van der Waals surface area contributed by atoms with Crippen molar-refractivity contribution in [3.8, 4) is 0 Å². The number of nitrogens with one attached hydrogen (secondary N) is 1. The zero-order valence-corrected chi connectivity index (χ0v) is 12.3. The molecule has 0 aromatic heterocycles. The Morgan fingerprint density at radius 3 is 2.56 bits per heavy atom. The Balaban J connectivity index is 1.61. The first-order chi connectivity index (χ1) is 8.81. The molecule has 2 rings (SSSR count). The first-order valence-corrected chi connectivity index (χ1v) is 8.16. The Morgan fingerprint density at radius 2 is 1.94 bits per heavy atom. The zero-order chi connectivity index (χ0) is 12.8. The lowest BCUT2D eigenvalue weighted by Gasteiger charge is -2.37. The van der Waals surface area contributed by atoms with E-state index in [0.717, 1.165) is 24.5 Å². The third kappa shape index (κ3) is 4.89. The van der Waals surface area contributed by atoms with Crippen LogP contribution in [0.4, 0.5) is 0 Å². The molecule has 1 unspecified atom stereocenters. The van der Waals surface area contributed by atoms with E-state index in [-0.39, 0.29) is 0 Å². The molecule has 2 saturated carbocycles. The van der Waals surface area contributed by atoms with Gasteiger partial charge in [-0.1, -0.05) is 19.8 Å². The van der Waals surface area contributed by atoms with Crippen LogP contribution in [0.3, 0.4) is 0 Å². The van der Waals surface area contributed by atoms with Gasteiger partial charge in [0.05, 0.1) is 6.10 Å². The summed E-state index contributed by atoms with van der Waals surface area (Å²) >= 11 is 0. The monoisotopic (exact) mass is 253 g/mol. The predicted molar refractivity (Wildman–Crippen MR) is 76.8 cm³/mol. The lowest BCUT2D eigenvalue weighted by molar-refractivity contribution is -0.0293. The summed E-state index contributed by atoms with van der Waals surface area (Å²) in [4.78, 5) is 0. The smallest absolute Gasteiger partial charge is 0.0580 e. The van der Waals surface area contributed by atoms with Crippen molar-refractivity contribution in [1.82, 2.24) is 5.32 Å². The molecular formula is C16H31NO. The van der Waals surface area contributed by atoms with Crippen LogP contribution in [-0.2, 0) is 4.74 Å². The third-order valence-corrected chi connectivity index (χ3v) is 4.52. The molecule has 2 nitrogen and oxygen atoms in total. The summed E-state index contributed by atoms with van der Waals surface area (Å²) in [7, 11) is 0. The molecule has 18 heavy (non-hydrogen) atoms. The lowest BCUT2D eigenvalue weighted by Crippen LogP contribution is -2.38. The SMILES string of the molecule is CCCNC(CCC1CC1)CC1CC(OCC)C1. The highest BCUT2D eigenvalue weighted by Crippen LogP contribution is 2.37. The Morgan fingerprint density at radius 1 is 1.17 bits per heavy atom. The summed E-state index contributed by atoms with van der Waals surface area (Å²) in [6.45, 7) is 6.45. The van der Waals surface area contributed by atoms with Crippen LogP contribution in [0, 0.1) is 11.8 Å². The minimum atomic E-state index is 0.579. The van der Waals surface area contributed by atoms with E-state index in [1.807, 2.05) is 0 Å². The molecule has 0 heterocycles. The Kier molecular flexibility index (Phi) is 5.97. The summed E-state index contributed by atoms with van der Waals surface area (Å²) in [6, 6.07) is 0.776. The minimum absolute atomic E-state index is 0.579. The van der Waals surface area contributed by atoms with Gasteiger partial charge in [-0.05, 0) is 63.8 Å². The molecule has 1 atom stereocenters. The molecule has 0 aromatic rings. The van der Waals surface area contributed by atoms with Crippen molar-refractivity contribution in [1.29, 1.82) is 0 Å². The molecular weight excluding hydrogens is 222 g/mol. The van der Waals surface area contributed by atoms with Gasteiger partial charge in [0, 0.05) is 12.6 Å². The average molecular weight is 253 g/mol. The van der Waals surface area contributed by atoms with E-state index in [0.29, 0.717) is 6.10 Å². The van der Waals surface area contributed by atoms with Crippen molar-refractivity contribution in [3.63, 3.8) is 0 Å². The van der Waals surface area contributed by atoms with Crippen molar-refractivity contribution in [2.45, 2.75) is 77.4 Å². The predicted octanol–water partition coefficient (Wildman–Crippen LogP) is 3.75. The van der Waals surface area contributed by atoms with Gasteiger partial charge in [-0.15, -0.1) is 0 Å². The zero-order valence-electron chi connectivity index (χ0n) is 12.3. The molecule has 0 aromatic carbocycles.